The maximum Gasteiger partial charge on any atom is 0.326 e. The van der Waals surface area contributed by atoms with Gasteiger partial charge in [-0.1, -0.05) is 0 Å². The Balaban J connectivity index is 2.72. The second kappa shape index (κ2) is 4.80. The third kappa shape index (κ3) is 2.51. The zero-order chi connectivity index (χ0) is 12.3. The summed E-state index contributed by atoms with van der Waals surface area (Å²) < 4.78 is 5.14. The molecule has 1 heterocycles. The number of carboxylic acid groups (broad SMARTS) is 1. The highest BCUT2D eigenvalue weighted by Crippen LogP contribution is 2.20. The van der Waals surface area contributed by atoms with E-state index in [0.717, 1.165) is 0 Å². The van der Waals surface area contributed by atoms with Gasteiger partial charge >= 0.3 is 5.97 Å². The molecule has 1 amide bonds. The van der Waals surface area contributed by atoms with Crippen molar-refractivity contribution in [2.45, 2.75) is 31.3 Å². The van der Waals surface area contributed by atoms with Crippen molar-refractivity contribution in [1.29, 1.82) is 0 Å². The fourth-order valence-corrected chi connectivity index (χ4v) is 1.64. The fourth-order valence-electron chi connectivity index (χ4n) is 1.64. The SMILES string of the molecule is CC(C(=O)O)N(C)C(=O)C1(N)CCOCC1. The lowest BCUT2D eigenvalue weighted by Gasteiger charge is -2.36. The minimum atomic E-state index is -1.04. The van der Waals surface area contributed by atoms with E-state index in [1.165, 1.54) is 18.9 Å². The van der Waals surface area contributed by atoms with E-state index >= 15 is 0 Å². The van der Waals surface area contributed by atoms with E-state index in [9.17, 15) is 9.59 Å². The van der Waals surface area contributed by atoms with Crippen LogP contribution in [-0.4, -0.2) is 53.7 Å². The predicted octanol–water partition coefficient (Wildman–Crippen LogP) is -0.574. The average Bonchev–Trinajstić information content (AvgIpc) is 2.27. The zero-order valence-corrected chi connectivity index (χ0v) is 9.60. The molecule has 1 saturated heterocycles. The first kappa shape index (κ1) is 12.9. The van der Waals surface area contributed by atoms with Crippen LogP contribution in [0.2, 0.25) is 0 Å². The van der Waals surface area contributed by atoms with Gasteiger partial charge in [0.05, 0.1) is 5.54 Å². The van der Waals surface area contributed by atoms with Crippen LogP contribution in [0.3, 0.4) is 0 Å². The summed E-state index contributed by atoms with van der Waals surface area (Å²) in [6.45, 7) is 2.35. The smallest absolute Gasteiger partial charge is 0.326 e. The average molecular weight is 230 g/mol. The summed E-state index contributed by atoms with van der Waals surface area (Å²) in [7, 11) is 1.46. The zero-order valence-electron chi connectivity index (χ0n) is 9.60. The highest BCUT2D eigenvalue weighted by molar-refractivity contribution is 5.89. The molecule has 0 spiro atoms. The minimum Gasteiger partial charge on any atom is -0.480 e. The fraction of sp³-hybridized carbons (Fsp3) is 0.800. The number of carboxylic acids is 1. The van der Waals surface area contributed by atoms with Crippen molar-refractivity contribution in [3.8, 4) is 0 Å². The third-order valence-electron chi connectivity index (χ3n) is 3.07. The summed E-state index contributed by atoms with van der Waals surface area (Å²) in [4.78, 5) is 24.0. The molecule has 0 aromatic heterocycles. The lowest BCUT2D eigenvalue weighted by molar-refractivity contribution is -0.152. The molecule has 0 aromatic carbocycles. The van der Waals surface area contributed by atoms with Crippen LogP contribution >= 0.6 is 0 Å². The molecule has 0 radical (unpaired) electrons. The molecular weight excluding hydrogens is 212 g/mol. The van der Waals surface area contributed by atoms with Crippen molar-refractivity contribution in [3.05, 3.63) is 0 Å². The van der Waals surface area contributed by atoms with Gasteiger partial charge in [0.1, 0.15) is 6.04 Å². The number of carbonyl (C=O) groups is 2. The lowest BCUT2D eigenvalue weighted by atomic mass is 9.89. The molecule has 1 unspecified atom stereocenters. The number of ether oxygens (including phenoxy) is 1. The van der Waals surface area contributed by atoms with Crippen molar-refractivity contribution >= 4 is 11.9 Å². The van der Waals surface area contributed by atoms with E-state index in [1.54, 1.807) is 0 Å². The molecular formula is C10H18N2O4. The number of hydrogen-bond donors (Lipinski definition) is 2. The number of aliphatic carboxylic acids is 1. The van der Waals surface area contributed by atoms with E-state index < -0.39 is 17.6 Å². The quantitative estimate of drug-likeness (QED) is 0.677. The number of hydrogen-bond acceptors (Lipinski definition) is 4. The molecule has 1 fully saturated rings. The van der Waals surface area contributed by atoms with Crippen LogP contribution < -0.4 is 5.73 Å². The first-order chi connectivity index (χ1) is 7.38. The molecule has 1 atom stereocenters. The van der Waals surface area contributed by atoms with Crippen molar-refractivity contribution in [2.75, 3.05) is 20.3 Å². The van der Waals surface area contributed by atoms with Crippen molar-refractivity contribution in [2.24, 2.45) is 5.73 Å². The van der Waals surface area contributed by atoms with Crippen LogP contribution in [-0.2, 0) is 14.3 Å². The number of rotatable bonds is 3. The maximum atomic E-state index is 12.0. The van der Waals surface area contributed by atoms with Gasteiger partial charge in [-0.25, -0.2) is 4.79 Å². The number of nitrogens with two attached hydrogens (primary N) is 1. The van der Waals surface area contributed by atoms with Crippen molar-refractivity contribution < 1.29 is 19.4 Å². The van der Waals surface area contributed by atoms with Gasteiger partial charge in [0.25, 0.3) is 0 Å². The van der Waals surface area contributed by atoms with Gasteiger partial charge < -0.3 is 20.5 Å². The lowest BCUT2D eigenvalue weighted by Crippen LogP contribution is -2.59. The van der Waals surface area contributed by atoms with Crippen molar-refractivity contribution in [3.63, 3.8) is 0 Å². The Labute approximate surface area is 94.3 Å². The second-order valence-corrected chi connectivity index (χ2v) is 4.20. The number of likely N-dealkylation sites (N-methyl/N-ethyl adjacent to an activating group) is 1. The standard InChI is InChI=1S/C10H18N2O4/c1-7(8(13)14)12(2)9(15)10(11)3-5-16-6-4-10/h7H,3-6,11H2,1-2H3,(H,13,14). The first-order valence-electron chi connectivity index (χ1n) is 5.25. The normalized spacial score (nSPS) is 21.2. The third-order valence-corrected chi connectivity index (χ3v) is 3.07. The van der Waals surface area contributed by atoms with Crippen molar-refractivity contribution in [1.82, 2.24) is 4.90 Å². The van der Waals surface area contributed by atoms with Crippen LogP contribution in [0.15, 0.2) is 0 Å². The minimum absolute atomic E-state index is 0.328. The van der Waals surface area contributed by atoms with Crippen LogP contribution in [0.5, 0.6) is 0 Å². The first-order valence-corrected chi connectivity index (χ1v) is 5.25. The topological polar surface area (TPSA) is 92.9 Å². The van der Waals surface area contributed by atoms with Gasteiger partial charge in [0.15, 0.2) is 0 Å². The summed E-state index contributed by atoms with van der Waals surface area (Å²) in [5, 5.41) is 8.82. The molecule has 0 bridgehead atoms. The molecule has 0 saturated carbocycles. The van der Waals surface area contributed by atoms with E-state index in [4.69, 9.17) is 15.6 Å². The largest absolute Gasteiger partial charge is 0.480 e. The van der Waals surface area contributed by atoms with Gasteiger partial charge in [-0.3, -0.25) is 4.79 Å². The molecule has 16 heavy (non-hydrogen) atoms. The van der Waals surface area contributed by atoms with Gasteiger partial charge in [-0.2, -0.15) is 0 Å². The van der Waals surface area contributed by atoms with E-state index in [0.29, 0.717) is 26.1 Å². The number of amides is 1. The van der Waals surface area contributed by atoms with E-state index in [2.05, 4.69) is 0 Å². The summed E-state index contributed by atoms with van der Waals surface area (Å²) in [6, 6.07) is -0.865. The van der Waals surface area contributed by atoms with Crippen LogP contribution in [0, 0.1) is 0 Å². The second-order valence-electron chi connectivity index (χ2n) is 4.20. The van der Waals surface area contributed by atoms with Crippen LogP contribution in [0.25, 0.3) is 0 Å². The Hall–Kier alpha value is -1.14. The Morgan fingerprint density at radius 3 is 2.38 bits per heavy atom. The Morgan fingerprint density at radius 2 is 1.94 bits per heavy atom. The summed E-state index contributed by atoms with van der Waals surface area (Å²) in [6.07, 6.45) is 0.866. The van der Waals surface area contributed by atoms with Crippen LogP contribution in [0.1, 0.15) is 19.8 Å². The maximum absolute atomic E-state index is 12.0. The van der Waals surface area contributed by atoms with E-state index in [-0.39, 0.29) is 5.91 Å². The summed E-state index contributed by atoms with van der Waals surface area (Å²) in [5.41, 5.74) is 5.00. The van der Waals surface area contributed by atoms with Crippen LogP contribution in [0.4, 0.5) is 0 Å². The number of carbonyl (C=O) groups excluding carboxylic acids is 1. The molecule has 0 aliphatic carbocycles. The molecule has 6 heteroatoms. The Morgan fingerprint density at radius 1 is 1.44 bits per heavy atom. The molecule has 3 N–H and O–H groups in total. The monoisotopic (exact) mass is 230 g/mol. The predicted molar refractivity (Wildman–Crippen MR) is 56.8 cm³/mol. The van der Waals surface area contributed by atoms with Gasteiger partial charge in [0, 0.05) is 20.3 Å². The summed E-state index contributed by atoms with van der Waals surface area (Å²) in [5.74, 6) is -1.36. The molecule has 1 aliphatic heterocycles. The number of nitrogens with zero attached hydrogens (tertiary/aromatic N) is 1. The van der Waals surface area contributed by atoms with Gasteiger partial charge in [-0.15, -0.1) is 0 Å². The van der Waals surface area contributed by atoms with Gasteiger partial charge in [0.2, 0.25) is 5.91 Å². The Bertz CT molecular complexity index is 287. The summed E-state index contributed by atoms with van der Waals surface area (Å²) >= 11 is 0. The Kier molecular flexibility index (Phi) is 3.88. The van der Waals surface area contributed by atoms with E-state index in [1.807, 2.05) is 0 Å². The molecule has 92 valence electrons. The molecule has 6 nitrogen and oxygen atoms in total. The highest BCUT2D eigenvalue weighted by Gasteiger charge is 2.40. The van der Waals surface area contributed by atoms with Gasteiger partial charge in [-0.05, 0) is 19.8 Å². The molecule has 1 rings (SSSR count). The highest BCUT2D eigenvalue weighted by atomic mass is 16.5. The molecule has 1 aliphatic rings. The molecule has 0 aromatic rings.